The average molecular weight is 159 g/mol. The SMILES string of the molecule is O=C1[CH]CC(=O)c2ccccc21. The molecule has 59 valence electrons. The van der Waals surface area contributed by atoms with Crippen molar-refractivity contribution in [2.45, 2.75) is 6.42 Å². The lowest BCUT2D eigenvalue weighted by Crippen LogP contribution is -2.16. The third-order valence-corrected chi connectivity index (χ3v) is 1.97. The summed E-state index contributed by atoms with van der Waals surface area (Å²) in [6.07, 6.45) is 1.68. The molecule has 0 saturated heterocycles. The summed E-state index contributed by atoms with van der Waals surface area (Å²) in [7, 11) is 0. The van der Waals surface area contributed by atoms with E-state index in [-0.39, 0.29) is 18.0 Å². The first-order valence-electron chi connectivity index (χ1n) is 3.79. The van der Waals surface area contributed by atoms with Gasteiger partial charge in [-0.05, 0) is 0 Å². The highest BCUT2D eigenvalue weighted by molar-refractivity contribution is 6.17. The van der Waals surface area contributed by atoms with Crippen LogP contribution in [0, 0.1) is 6.42 Å². The second-order valence-corrected chi connectivity index (χ2v) is 2.74. The van der Waals surface area contributed by atoms with Crippen molar-refractivity contribution in [1.29, 1.82) is 0 Å². The lowest BCUT2D eigenvalue weighted by molar-refractivity contribution is 0.0931. The summed E-state index contributed by atoms with van der Waals surface area (Å²) < 4.78 is 0. The van der Waals surface area contributed by atoms with E-state index in [0.29, 0.717) is 11.1 Å². The zero-order chi connectivity index (χ0) is 8.55. The predicted molar refractivity (Wildman–Crippen MR) is 44.0 cm³/mol. The number of Topliss-reactive ketones (excluding diaryl/α,β-unsaturated/α-hetero) is 2. The van der Waals surface area contributed by atoms with E-state index in [2.05, 4.69) is 0 Å². The Labute approximate surface area is 70.2 Å². The Bertz CT molecular complexity index is 318. The Balaban J connectivity index is 2.62. The number of ketones is 2. The smallest absolute Gasteiger partial charge is 0.167 e. The normalized spacial score (nSPS) is 16.0. The lowest BCUT2D eigenvalue weighted by atomic mass is 9.90. The van der Waals surface area contributed by atoms with Crippen molar-refractivity contribution in [3.63, 3.8) is 0 Å². The van der Waals surface area contributed by atoms with Crippen LogP contribution < -0.4 is 0 Å². The van der Waals surface area contributed by atoms with Crippen LogP contribution in [0.1, 0.15) is 27.1 Å². The van der Waals surface area contributed by atoms with Crippen LogP contribution in [0.5, 0.6) is 0 Å². The summed E-state index contributed by atoms with van der Waals surface area (Å²) in [5, 5.41) is 0. The van der Waals surface area contributed by atoms with E-state index < -0.39 is 0 Å². The summed E-state index contributed by atoms with van der Waals surface area (Å²) in [5.74, 6) is -0.00426. The van der Waals surface area contributed by atoms with E-state index >= 15 is 0 Å². The summed E-state index contributed by atoms with van der Waals surface area (Å²) in [6, 6.07) is 6.92. The molecule has 0 atom stereocenters. The topological polar surface area (TPSA) is 34.1 Å². The summed E-state index contributed by atoms with van der Waals surface area (Å²) in [5.41, 5.74) is 1.10. The summed E-state index contributed by atoms with van der Waals surface area (Å²) in [4.78, 5) is 22.5. The molecule has 1 aromatic rings. The van der Waals surface area contributed by atoms with Crippen LogP contribution in [0.4, 0.5) is 0 Å². The Morgan fingerprint density at radius 1 is 1.00 bits per heavy atom. The Kier molecular flexibility index (Phi) is 1.54. The monoisotopic (exact) mass is 159 g/mol. The molecular formula is C10H7O2. The largest absolute Gasteiger partial charge is 0.294 e. The van der Waals surface area contributed by atoms with Gasteiger partial charge in [-0.25, -0.2) is 0 Å². The molecule has 1 aliphatic rings. The number of carbonyl (C=O) groups is 2. The van der Waals surface area contributed by atoms with Crippen LogP contribution in [-0.2, 0) is 0 Å². The molecule has 0 unspecified atom stereocenters. The first kappa shape index (κ1) is 7.22. The Morgan fingerprint density at radius 3 is 2.33 bits per heavy atom. The van der Waals surface area contributed by atoms with Gasteiger partial charge < -0.3 is 0 Å². The third-order valence-electron chi connectivity index (χ3n) is 1.97. The molecule has 0 bridgehead atoms. The first-order valence-corrected chi connectivity index (χ1v) is 3.79. The van der Waals surface area contributed by atoms with Crippen LogP contribution in [-0.4, -0.2) is 11.6 Å². The molecule has 2 heteroatoms. The fourth-order valence-electron chi connectivity index (χ4n) is 1.35. The van der Waals surface area contributed by atoms with E-state index in [9.17, 15) is 9.59 Å². The first-order chi connectivity index (χ1) is 5.79. The zero-order valence-electron chi connectivity index (χ0n) is 6.41. The van der Waals surface area contributed by atoms with Gasteiger partial charge in [0.1, 0.15) is 0 Å². The van der Waals surface area contributed by atoms with E-state index in [0.717, 1.165) is 0 Å². The molecule has 12 heavy (non-hydrogen) atoms. The Morgan fingerprint density at radius 2 is 1.67 bits per heavy atom. The summed E-state index contributed by atoms with van der Waals surface area (Å²) in [6.45, 7) is 0. The van der Waals surface area contributed by atoms with Crippen LogP contribution in [0.15, 0.2) is 24.3 Å². The zero-order valence-corrected chi connectivity index (χ0v) is 6.41. The van der Waals surface area contributed by atoms with Crippen LogP contribution in [0.25, 0.3) is 0 Å². The highest BCUT2D eigenvalue weighted by atomic mass is 16.1. The van der Waals surface area contributed by atoms with Crippen molar-refractivity contribution in [2.24, 2.45) is 0 Å². The maximum absolute atomic E-state index is 11.2. The fraction of sp³-hybridized carbons (Fsp3) is 0.100. The number of hydrogen-bond acceptors (Lipinski definition) is 2. The van der Waals surface area contributed by atoms with Crippen molar-refractivity contribution in [3.8, 4) is 0 Å². The average Bonchev–Trinajstić information content (AvgIpc) is 2.12. The molecule has 0 saturated carbocycles. The minimum Gasteiger partial charge on any atom is -0.294 e. The number of hydrogen-bond donors (Lipinski definition) is 0. The van der Waals surface area contributed by atoms with Gasteiger partial charge in [0.2, 0.25) is 0 Å². The van der Waals surface area contributed by atoms with Crippen molar-refractivity contribution < 1.29 is 9.59 Å². The van der Waals surface area contributed by atoms with Crippen LogP contribution in [0.2, 0.25) is 0 Å². The van der Waals surface area contributed by atoms with Gasteiger partial charge in [0.25, 0.3) is 0 Å². The van der Waals surface area contributed by atoms with E-state index in [4.69, 9.17) is 0 Å². The number of rotatable bonds is 0. The molecule has 0 aromatic heterocycles. The molecule has 1 radical (unpaired) electrons. The van der Waals surface area contributed by atoms with Gasteiger partial charge in [-0.1, -0.05) is 24.3 Å². The molecule has 1 aliphatic carbocycles. The van der Waals surface area contributed by atoms with Crippen molar-refractivity contribution >= 4 is 11.6 Å². The quantitative estimate of drug-likeness (QED) is 0.577. The molecule has 0 fully saturated rings. The van der Waals surface area contributed by atoms with Gasteiger partial charge in [0.05, 0.1) is 0 Å². The summed E-state index contributed by atoms with van der Waals surface area (Å²) >= 11 is 0. The molecule has 2 nitrogen and oxygen atoms in total. The molecule has 0 N–H and O–H groups in total. The van der Waals surface area contributed by atoms with E-state index in [1.165, 1.54) is 6.42 Å². The van der Waals surface area contributed by atoms with Gasteiger partial charge in [0, 0.05) is 24.0 Å². The molecule has 0 aliphatic heterocycles. The molecule has 0 spiro atoms. The van der Waals surface area contributed by atoms with E-state index in [1.807, 2.05) is 0 Å². The highest BCUT2D eigenvalue weighted by Crippen LogP contribution is 2.19. The second kappa shape index (κ2) is 2.55. The van der Waals surface area contributed by atoms with Gasteiger partial charge in [0.15, 0.2) is 11.6 Å². The highest BCUT2D eigenvalue weighted by Gasteiger charge is 2.22. The van der Waals surface area contributed by atoms with Gasteiger partial charge >= 0.3 is 0 Å². The number of carbonyl (C=O) groups excluding carboxylic acids is 2. The maximum atomic E-state index is 11.2. The van der Waals surface area contributed by atoms with E-state index in [1.54, 1.807) is 24.3 Å². The van der Waals surface area contributed by atoms with Crippen LogP contribution in [0.3, 0.4) is 0 Å². The molecule has 0 amide bonds. The second-order valence-electron chi connectivity index (χ2n) is 2.74. The van der Waals surface area contributed by atoms with Crippen molar-refractivity contribution in [3.05, 3.63) is 41.8 Å². The van der Waals surface area contributed by atoms with Gasteiger partial charge in [-0.2, -0.15) is 0 Å². The third kappa shape index (κ3) is 0.961. The molecule has 0 heterocycles. The van der Waals surface area contributed by atoms with Crippen molar-refractivity contribution in [1.82, 2.24) is 0 Å². The lowest BCUT2D eigenvalue weighted by Gasteiger charge is -2.11. The van der Waals surface area contributed by atoms with Gasteiger partial charge in [-0.15, -0.1) is 0 Å². The standard InChI is InChI=1S/C10H7O2/c11-9-5-6-10(12)8-4-2-1-3-7(8)9/h1-5H,6H2. The Hall–Kier alpha value is -1.44. The maximum Gasteiger partial charge on any atom is 0.167 e. The minimum absolute atomic E-state index is 0.0326. The van der Waals surface area contributed by atoms with Crippen LogP contribution >= 0.6 is 0 Å². The number of fused-ring (bicyclic) bond motifs is 1. The predicted octanol–water partition coefficient (Wildman–Crippen LogP) is 1.66. The fourth-order valence-corrected chi connectivity index (χ4v) is 1.35. The molecular weight excluding hydrogens is 152 g/mol. The van der Waals surface area contributed by atoms with Gasteiger partial charge in [-0.3, -0.25) is 9.59 Å². The number of benzene rings is 1. The molecule has 2 rings (SSSR count). The van der Waals surface area contributed by atoms with Crippen molar-refractivity contribution in [2.75, 3.05) is 0 Å². The minimum atomic E-state index is -0.0369. The molecule has 1 aromatic carbocycles.